The molecule has 1 aromatic carbocycles. The van der Waals surface area contributed by atoms with Crippen LogP contribution in [-0.2, 0) is 20.9 Å². The minimum absolute atomic E-state index is 0.0327. The molecule has 2 heterocycles. The van der Waals surface area contributed by atoms with E-state index in [1.807, 2.05) is 29.2 Å². The first kappa shape index (κ1) is 16.8. The molecule has 2 saturated heterocycles. The third-order valence-electron chi connectivity index (χ3n) is 4.65. The topological polar surface area (TPSA) is 59.1 Å². The quantitative estimate of drug-likeness (QED) is 0.834. The van der Waals surface area contributed by atoms with E-state index in [0.717, 1.165) is 24.3 Å². The van der Waals surface area contributed by atoms with Gasteiger partial charge in [0.2, 0.25) is 11.8 Å². The monoisotopic (exact) mass is 332 g/mol. The Morgan fingerprint density at radius 3 is 2.96 bits per heavy atom. The molecular formula is C18H24N2O4. The van der Waals surface area contributed by atoms with Gasteiger partial charge in [0.1, 0.15) is 5.75 Å². The maximum Gasteiger partial charge on any atom is 0.228 e. The van der Waals surface area contributed by atoms with Crippen LogP contribution < -0.4 is 4.74 Å². The van der Waals surface area contributed by atoms with Gasteiger partial charge in [0, 0.05) is 44.8 Å². The summed E-state index contributed by atoms with van der Waals surface area (Å²) in [6.07, 6.45) is 1.16. The van der Waals surface area contributed by atoms with Crippen LogP contribution in [0.4, 0.5) is 0 Å². The summed E-state index contributed by atoms with van der Waals surface area (Å²) in [5.41, 5.74) is 0.963. The zero-order valence-corrected chi connectivity index (χ0v) is 14.1. The van der Waals surface area contributed by atoms with Crippen LogP contribution in [-0.4, -0.2) is 61.6 Å². The molecule has 0 N–H and O–H groups in total. The second-order valence-corrected chi connectivity index (χ2v) is 6.28. The SMILES string of the molecule is COc1ccccc1CN1CC(C(=O)N2CCCOCC2)CC1=O. The molecule has 0 radical (unpaired) electrons. The van der Waals surface area contributed by atoms with Gasteiger partial charge in [-0.25, -0.2) is 0 Å². The van der Waals surface area contributed by atoms with E-state index in [9.17, 15) is 9.59 Å². The fourth-order valence-corrected chi connectivity index (χ4v) is 3.35. The molecule has 0 aromatic heterocycles. The second-order valence-electron chi connectivity index (χ2n) is 6.28. The van der Waals surface area contributed by atoms with Crippen LogP contribution in [0.1, 0.15) is 18.4 Å². The van der Waals surface area contributed by atoms with Gasteiger partial charge < -0.3 is 19.3 Å². The Morgan fingerprint density at radius 2 is 2.12 bits per heavy atom. The summed E-state index contributed by atoms with van der Waals surface area (Å²) >= 11 is 0. The lowest BCUT2D eigenvalue weighted by atomic mass is 10.1. The molecule has 2 aliphatic rings. The molecule has 6 heteroatoms. The Hall–Kier alpha value is -2.08. The summed E-state index contributed by atoms with van der Waals surface area (Å²) in [6.45, 7) is 3.58. The summed E-state index contributed by atoms with van der Waals surface area (Å²) in [7, 11) is 1.62. The number of hydrogen-bond donors (Lipinski definition) is 0. The lowest BCUT2D eigenvalue weighted by Gasteiger charge is -2.23. The number of likely N-dealkylation sites (tertiary alicyclic amines) is 1. The Labute approximate surface area is 142 Å². The van der Waals surface area contributed by atoms with E-state index in [1.54, 1.807) is 12.0 Å². The van der Waals surface area contributed by atoms with Crippen molar-refractivity contribution in [2.24, 2.45) is 5.92 Å². The van der Waals surface area contributed by atoms with E-state index in [-0.39, 0.29) is 17.7 Å². The Kier molecular flexibility index (Phi) is 5.35. The van der Waals surface area contributed by atoms with Crippen molar-refractivity contribution >= 4 is 11.8 Å². The maximum atomic E-state index is 12.7. The largest absolute Gasteiger partial charge is 0.496 e. The van der Waals surface area contributed by atoms with Gasteiger partial charge in [-0.15, -0.1) is 0 Å². The van der Waals surface area contributed by atoms with Crippen LogP contribution in [0.25, 0.3) is 0 Å². The number of hydrogen-bond acceptors (Lipinski definition) is 4. The predicted molar refractivity (Wildman–Crippen MR) is 88.5 cm³/mol. The molecule has 2 fully saturated rings. The molecule has 130 valence electrons. The highest BCUT2D eigenvalue weighted by molar-refractivity contribution is 5.89. The molecule has 1 unspecified atom stereocenters. The summed E-state index contributed by atoms with van der Waals surface area (Å²) in [5, 5.41) is 0. The zero-order chi connectivity index (χ0) is 16.9. The van der Waals surface area contributed by atoms with Crippen molar-refractivity contribution in [2.75, 3.05) is 40.0 Å². The average Bonchev–Trinajstić information content (AvgIpc) is 2.80. The molecule has 3 rings (SSSR count). The van der Waals surface area contributed by atoms with Crippen LogP contribution in [0.5, 0.6) is 5.75 Å². The van der Waals surface area contributed by atoms with Crippen LogP contribution in [0.2, 0.25) is 0 Å². The molecule has 6 nitrogen and oxygen atoms in total. The van der Waals surface area contributed by atoms with Crippen molar-refractivity contribution in [3.8, 4) is 5.75 Å². The lowest BCUT2D eigenvalue weighted by molar-refractivity contribution is -0.135. The first-order chi connectivity index (χ1) is 11.7. The van der Waals surface area contributed by atoms with Crippen LogP contribution in [0.15, 0.2) is 24.3 Å². The third-order valence-corrected chi connectivity index (χ3v) is 4.65. The smallest absolute Gasteiger partial charge is 0.228 e. The third kappa shape index (κ3) is 3.70. The molecule has 0 saturated carbocycles. The molecular weight excluding hydrogens is 308 g/mol. The maximum absolute atomic E-state index is 12.7. The molecule has 0 aliphatic carbocycles. The van der Waals surface area contributed by atoms with Crippen molar-refractivity contribution in [3.63, 3.8) is 0 Å². The number of nitrogens with zero attached hydrogens (tertiary/aromatic N) is 2. The summed E-state index contributed by atoms with van der Waals surface area (Å²) in [4.78, 5) is 28.6. The number of carbonyl (C=O) groups excluding carboxylic acids is 2. The van der Waals surface area contributed by atoms with Gasteiger partial charge in [-0.3, -0.25) is 9.59 Å². The number of benzene rings is 1. The van der Waals surface area contributed by atoms with Crippen molar-refractivity contribution in [2.45, 2.75) is 19.4 Å². The highest BCUT2D eigenvalue weighted by atomic mass is 16.5. The minimum Gasteiger partial charge on any atom is -0.496 e. The van der Waals surface area contributed by atoms with Crippen molar-refractivity contribution < 1.29 is 19.1 Å². The molecule has 0 bridgehead atoms. The highest BCUT2D eigenvalue weighted by Crippen LogP contribution is 2.26. The Bertz CT molecular complexity index is 596. The molecule has 1 aromatic rings. The van der Waals surface area contributed by atoms with Gasteiger partial charge in [0.05, 0.1) is 19.6 Å². The molecule has 2 aliphatic heterocycles. The van der Waals surface area contributed by atoms with Crippen molar-refractivity contribution in [3.05, 3.63) is 29.8 Å². The summed E-state index contributed by atoms with van der Waals surface area (Å²) < 4.78 is 10.7. The van der Waals surface area contributed by atoms with Crippen LogP contribution >= 0.6 is 0 Å². The predicted octanol–water partition coefficient (Wildman–Crippen LogP) is 1.29. The van der Waals surface area contributed by atoms with Gasteiger partial charge in [-0.05, 0) is 12.5 Å². The van der Waals surface area contributed by atoms with Gasteiger partial charge >= 0.3 is 0 Å². The zero-order valence-electron chi connectivity index (χ0n) is 14.1. The Morgan fingerprint density at radius 1 is 1.29 bits per heavy atom. The Balaban J connectivity index is 1.63. The van der Waals surface area contributed by atoms with Gasteiger partial charge in [-0.1, -0.05) is 18.2 Å². The van der Waals surface area contributed by atoms with Gasteiger partial charge in [0.25, 0.3) is 0 Å². The molecule has 1 atom stereocenters. The number of carbonyl (C=O) groups is 2. The number of methoxy groups -OCH3 is 1. The number of para-hydroxylation sites is 1. The van der Waals surface area contributed by atoms with Gasteiger partial charge in [-0.2, -0.15) is 0 Å². The number of ether oxygens (including phenoxy) is 2. The fourth-order valence-electron chi connectivity index (χ4n) is 3.35. The number of amides is 2. The summed E-state index contributed by atoms with van der Waals surface area (Å²) in [5.74, 6) is 0.636. The molecule has 24 heavy (non-hydrogen) atoms. The second kappa shape index (κ2) is 7.66. The van der Waals surface area contributed by atoms with E-state index >= 15 is 0 Å². The van der Waals surface area contributed by atoms with Crippen LogP contribution in [0.3, 0.4) is 0 Å². The summed E-state index contributed by atoms with van der Waals surface area (Å²) in [6, 6.07) is 7.67. The standard InChI is InChI=1S/C18H24N2O4/c1-23-16-6-3-2-5-14(16)12-20-13-15(11-17(20)21)18(22)19-7-4-9-24-10-8-19/h2-3,5-6,15H,4,7-13H2,1H3. The van der Waals surface area contributed by atoms with Gasteiger partial charge in [0.15, 0.2) is 0 Å². The van der Waals surface area contributed by atoms with E-state index in [0.29, 0.717) is 39.3 Å². The minimum atomic E-state index is -0.245. The van der Waals surface area contributed by atoms with E-state index in [2.05, 4.69) is 0 Å². The molecule has 0 spiro atoms. The van der Waals surface area contributed by atoms with E-state index < -0.39 is 0 Å². The molecule has 2 amide bonds. The van der Waals surface area contributed by atoms with E-state index in [1.165, 1.54) is 0 Å². The fraction of sp³-hybridized carbons (Fsp3) is 0.556. The van der Waals surface area contributed by atoms with Crippen molar-refractivity contribution in [1.82, 2.24) is 9.80 Å². The van der Waals surface area contributed by atoms with Crippen molar-refractivity contribution in [1.29, 1.82) is 0 Å². The van der Waals surface area contributed by atoms with E-state index in [4.69, 9.17) is 9.47 Å². The first-order valence-corrected chi connectivity index (χ1v) is 8.45. The number of rotatable bonds is 4. The van der Waals surface area contributed by atoms with Crippen LogP contribution in [0, 0.1) is 5.92 Å². The highest BCUT2D eigenvalue weighted by Gasteiger charge is 2.36. The normalized spacial score (nSPS) is 21.7. The average molecular weight is 332 g/mol. The lowest BCUT2D eigenvalue weighted by Crippen LogP contribution is -2.38. The first-order valence-electron chi connectivity index (χ1n) is 8.45.